The zero-order valence-electron chi connectivity index (χ0n) is 8.67. The highest BCUT2D eigenvalue weighted by molar-refractivity contribution is 4.48. The van der Waals surface area contributed by atoms with E-state index in [9.17, 15) is 0 Å². The topological polar surface area (TPSA) is 21.7 Å². The molecule has 0 heterocycles. The number of nitrogens with zero attached hydrogens (tertiary/aromatic N) is 1. The minimum Gasteiger partial charge on any atom is -0.382 e. The van der Waals surface area contributed by atoms with Crippen molar-refractivity contribution in [3.63, 3.8) is 0 Å². The van der Waals surface area contributed by atoms with Crippen molar-refractivity contribution >= 4 is 0 Å². The molecule has 0 aromatic rings. The van der Waals surface area contributed by atoms with Crippen LogP contribution in [0.4, 0.5) is 0 Å². The van der Waals surface area contributed by atoms with Gasteiger partial charge in [0.2, 0.25) is 0 Å². The van der Waals surface area contributed by atoms with Gasteiger partial charge in [-0.1, -0.05) is 0 Å². The summed E-state index contributed by atoms with van der Waals surface area (Å²) in [7, 11) is 5.83. The average Bonchev–Trinajstić information content (AvgIpc) is 1.98. The van der Waals surface area contributed by atoms with Crippen LogP contribution in [0.15, 0.2) is 0 Å². The summed E-state index contributed by atoms with van der Waals surface area (Å²) in [5, 5.41) is 0. The van der Waals surface area contributed by atoms with Crippen LogP contribution >= 0.6 is 0 Å². The van der Waals surface area contributed by atoms with Crippen LogP contribution in [0.25, 0.3) is 0 Å². The molecule has 0 aliphatic carbocycles. The van der Waals surface area contributed by atoms with Gasteiger partial charge in [-0.25, -0.2) is 0 Å². The van der Waals surface area contributed by atoms with Crippen molar-refractivity contribution in [3.8, 4) is 0 Å². The molecule has 0 saturated heterocycles. The van der Waals surface area contributed by atoms with Crippen molar-refractivity contribution in [1.82, 2.24) is 4.90 Å². The molecule has 1 unspecified atom stereocenters. The summed E-state index contributed by atoms with van der Waals surface area (Å²) in [4.78, 5) is 2.16. The zero-order chi connectivity index (χ0) is 9.40. The van der Waals surface area contributed by atoms with Gasteiger partial charge in [0.05, 0.1) is 12.7 Å². The predicted octanol–water partition coefficient (Wildman–Crippen LogP) is 0.990. The molecule has 0 aromatic carbocycles. The first kappa shape index (κ1) is 11.9. The van der Waals surface area contributed by atoms with E-state index in [1.165, 1.54) is 0 Å². The first-order valence-corrected chi connectivity index (χ1v) is 4.42. The molecule has 0 aliphatic heterocycles. The molecule has 0 amide bonds. The first-order chi connectivity index (χ1) is 5.66. The fourth-order valence-corrected chi connectivity index (χ4v) is 0.948. The van der Waals surface area contributed by atoms with Gasteiger partial charge in [0.1, 0.15) is 0 Å². The summed E-state index contributed by atoms with van der Waals surface area (Å²) in [6.45, 7) is 4.61. The number of ether oxygens (including phenoxy) is 2. The maximum absolute atomic E-state index is 5.48. The van der Waals surface area contributed by atoms with Gasteiger partial charge in [0.15, 0.2) is 0 Å². The molecule has 0 aliphatic rings. The smallest absolute Gasteiger partial charge is 0.0780 e. The third kappa shape index (κ3) is 7.98. The van der Waals surface area contributed by atoms with Crippen molar-refractivity contribution in [2.24, 2.45) is 0 Å². The minimum atomic E-state index is 0.220. The standard InChI is InChI=1S/C9H21NO2/c1-9(8-11-4)12-7-5-6-10(2)3/h9H,5-8H2,1-4H3. The van der Waals surface area contributed by atoms with E-state index in [2.05, 4.69) is 19.0 Å². The Kier molecular flexibility index (Phi) is 7.45. The van der Waals surface area contributed by atoms with E-state index in [1.54, 1.807) is 7.11 Å². The molecule has 0 N–H and O–H groups in total. The fourth-order valence-electron chi connectivity index (χ4n) is 0.948. The molecule has 0 spiro atoms. The molecule has 3 heteroatoms. The second kappa shape index (κ2) is 7.53. The molecule has 0 rings (SSSR count). The Labute approximate surface area is 75.6 Å². The maximum Gasteiger partial charge on any atom is 0.0780 e. The van der Waals surface area contributed by atoms with Gasteiger partial charge >= 0.3 is 0 Å². The number of hydrogen-bond acceptors (Lipinski definition) is 3. The van der Waals surface area contributed by atoms with Gasteiger partial charge in [-0.2, -0.15) is 0 Å². The average molecular weight is 175 g/mol. The molecule has 74 valence electrons. The Bertz CT molecular complexity index is 96.5. The first-order valence-electron chi connectivity index (χ1n) is 4.42. The van der Waals surface area contributed by atoms with Crippen LogP contribution in [-0.4, -0.2) is 52.0 Å². The monoisotopic (exact) mass is 175 g/mol. The van der Waals surface area contributed by atoms with Gasteiger partial charge in [-0.3, -0.25) is 0 Å². The maximum atomic E-state index is 5.48. The van der Waals surface area contributed by atoms with Crippen LogP contribution in [-0.2, 0) is 9.47 Å². The highest BCUT2D eigenvalue weighted by Gasteiger charge is 1.99. The van der Waals surface area contributed by atoms with Crippen molar-refractivity contribution in [1.29, 1.82) is 0 Å². The van der Waals surface area contributed by atoms with Crippen molar-refractivity contribution in [3.05, 3.63) is 0 Å². The zero-order valence-corrected chi connectivity index (χ0v) is 8.67. The van der Waals surface area contributed by atoms with Crippen molar-refractivity contribution in [2.45, 2.75) is 19.4 Å². The van der Waals surface area contributed by atoms with Crippen LogP contribution in [0.3, 0.4) is 0 Å². The predicted molar refractivity (Wildman–Crippen MR) is 50.5 cm³/mol. The Hall–Kier alpha value is -0.120. The van der Waals surface area contributed by atoms with Gasteiger partial charge in [0, 0.05) is 13.7 Å². The van der Waals surface area contributed by atoms with E-state index < -0.39 is 0 Å². The van der Waals surface area contributed by atoms with E-state index in [-0.39, 0.29) is 6.10 Å². The van der Waals surface area contributed by atoms with Gasteiger partial charge < -0.3 is 14.4 Å². The molecule has 0 aromatic heterocycles. The molecule has 12 heavy (non-hydrogen) atoms. The quantitative estimate of drug-likeness (QED) is 0.539. The normalized spacial score (nSPS) is 13.8. The minimum absolute atomic E-state index is 0.220. The Morgan fingerprint density at radius 2 is 2.00 bits per heavy atom. The van der Waals surface area contributed by atoms with Crippen LogP contribution < -0.4 is 0 Å². The van der Waals surface area contributed by atoms with Crippen molar-refractivity contribution in [2.75, 3.05) is 41.0 Å². The van der Waals surface area contributed by atoms with Gasteiger partial charge in [-0.05, 0) is 34.0 Å². The van der Waals surface area contributed by atoms with Crippen LogP contribution in [0.5, 0.6) is 0 Å². The summed E-state index contributed by atoms with van der Waals surface area (Å²) in [6, 6.07) is 0. The summed E-state index contributed by atoms with van der Waals surface area (Å²) in [5.74, 6) is 0. The highest BCUT2D eigenvalue weighted by Crippen LogP contribution is 1.93. The van der Waals surface area contributed by atoms with Crippen LogP contribution in [0.2, 0.25) is 0 Å². The number of methoxy groups -OCH3 is 1. The van der Waals surface area contributed by atoms with Crippen LogP contribution in [0.1, 0.15) is 13.3 Å². The summed E-state index contributed by atoms with van der Waals surface area (Å²) < 4.78 is 10.4. The largest absolute Gasteiger partial charge is 0.382 e. The SMILES string of the molecule is COCC(C)OCCCN(C)C. The molecule has 0 fully saturated rings. The number of rotatable bonds is 7. The van der Waals surface area contributed by atoms with E-state index in [0.29, 0.717) is 6.61 Å². The highest BCUT2D eigenvalue weighted by atomic mass is 16.5. The van der Waals surface area contributed by atoms with Gasteiger partial charge in [0.25, 0.3) is 0 Å². The van der Waals surface area contributed by atoms with E-state index >= 15 is 0 Å². The third-order valence-corrected chi connectivity index (χ3v) is 1.55. The lowest BCUT2D eigenvalue weighted by Crippen LogP contribution is -2.19. The van der Waals surface area contributed by atoms with Gasteiger partial charge in [-0.15, -0.1) is 0 Å². The Balaban J connectivity index is 3.08. The molecular formula is C9H21NO2. The third-order valence-electron chi connectivity index (χ3n) is 1.55. The fraction of sp³-hybridized carbons (Fsp3) is 1.00. The van der Waals surface area contributed by atoms with E-state index in [0.717, 1.165) is 19.6 Å². The van der Waals surface area contributed by atoms with Crippen LogP contribution in [0, 0.1) is 0 Å². The summed E-state index contributed by atoms with van der Waals surface area (Å²) >= 11 is 0. The number of hydrogen-bond donors (Lipinski definition) is 0. The lowest BCUT2D eigenvalue weighted by Gasteiger charge is -2.13. The van der Waals surface area contributed by atoms with E-state index in [4.69, 9.17) is 9.47 Å². The summed E-state index contributed by atoms with van der Waals surface area (Å²) in [6.07, 6.45) is 1.30. The molecular weight excluding hydrogens is 154 g/mol. The second-order valence-corrected chi connectivity index (χ2v) is 3.29. The molecule has 0 bridgehead atoms. The van der Waals surface area contributed by atoms with E-state index in [1.807, 2.05) is 6.92 Å². The molecule has 0 saturated carbocycles. The second-order valence-electron chi connectivity index (χ2n) is 3.29. The lowest BCUT2D eigenvalue weighted by atomic mass is 10.4. The Morgan fingerprint density at radius 3 is 2.50 bits per heavy atom. The molecule has 1 atom stereocenters. The summed E-state index contributed by atoms with van der Waals surface area (Å²) in [5.41, 5.74) is 0. The molecule has 0 radical (unpaired) electrons. The molecule has 3 nitrogen and oxygen atoms in total. The Morgan fingerprint density at radius 1 is 1.33 bits per heavy atom. The lowest BCUT2D eigenvalue weighted by molar-refractivity contribution is 0.00675. The van der Waals surface area contributed by atoms with Crippen molar-refractivity contribution < 1.29 is 9.47 Å².